The lowest BCUT2D eigenvalue weighted by Gasteiger charge is -2.24. The van der Waals surface area contributed by atoms with Crippen LogP contribution in [0.5, 0.6) is 5.75 Å². The summed E-state index contributed by atoms with van der Waals surface area (Å²) >= 11 is 0. The van der Waals surface area contributed by atoms with Crippen LogP contribution in [0.25, 0.3) is 10.8 Å². The Morgan fingerprint density at radius 2 is 1.73 bits per heavy atom. The molecule has 4 rings (SSSR count). The van der Waals surface area contributed by atoms with Gasteiger partial charge in [0.15, 0.2) is 0 Å². The van der Waals surface area contributed by atoms with E-state index in [4.69, 9.17) is 0 Å². The third-order valence-electron chi connectivity index (χ3n) is 4.80. The Labute approximate surface area is 153 Å². The summed E-state index contributed by atoms with van der Waals surface area (Å²) in [4.78, 5) is 14.8. The van der Waals surface area contributed by atoms with Crippen LogP contribution in [0.15, 0.2) is 66.7 Å². The molecule has 0 saturated heterocycles. The van der Waals surface area contributed by atoms with E-state index in [9.17, 15) is 9.90 Å². The van der Waals surface area contributed by atoms with Gasteiger partial charge in [-0.15, -0.1) is 0 Å². The van der Waals surface area contributed by atoms with E-state index < -0.39 is 0 Å². The molecule has 1 fully saturated rings. The number of fused-ring (bicyclic) bond motifs is 1. The third kappa shape index (κ3) is 3.80. The number of urea groups is 1. The number of carbonyl (C=O) groups excluding carboxylic acids is 1. The highest BCUT2D eigenvalue weighted by molar-refractivity contribution is 6.01. The van der Waals surface area contributed by atoms with Gasteiger partial charge >= 0.3 is 6.03 Å². The molecule has 1 aliphatic rings. The van der Waals surface area contributed by atoms with E-state index in [-0.39, 0.29) is 11.8 Å². The Morgan fingerprint density at radius 1 is 1.00 bits per heavy atom. The molecule has 3 aromatic rings. The first kappa shape index (κ1) is 16.5. The molecular weight excluding hydrogens is 324 g/mol. The second-order valence-corrected chi connectivity index (χ2v) is 6.95. The first-order valence-electron chi connectivity index (χ1n) is 9.00. The number of amides is 2. The topological polar surface area (TPSA) is 52.6 Å². The molecular formula is C22H22N2O2. The number of anilines is 1. The molecule has 0 unspecified atom stereocenters. The van der Waals surface area contributed by atoms with E-state index in [0.29, 0.717) is 12.5 Å². The molecule has 0 radical (unpaired) electrons. The lowest BCUT2D eigenvalue weighted by atomic mass is 10.1. The number of nitrogens with zero attached hydrogens (tertiary/aromatic N) is 1. The summed E-state index contributed by atoms with van der Waals surface area (Å²) in [5.74, 6) is 0.841. The van der Waals surface area contributed by atoms with E-state index in [2.05, 4.69) is 5.32 Å². The molecule has 4 nitrogen and oxygen atoms in total. The zero-order valence-electron chi connectivity index (χ0n) is 14.6. The minimum atomic E-state index is -0.0821. The fourth-order valence-corrected chi connectivity index (χ4v) is 3.18. The van der Waals surface area contributed by atoms with Crippen LogP contribution >= 0.6 is 0 Å². The van der Waals surface area contributed by atoms with Crippen LogP contribution in [0.2, 0.25) is 0 Å². The van der Waals surface area contributed by atoms with Gasteiger partial charge in [-0.05, 0) is 47.9 Å². The number of hydrogen-bond acceptors (Lipinski definition) is 2. The van der Waals surface area contributed by atoms with Crippen LogP contribution in [-0.2, 0) is 6.54 Å². The number of hydrogen-bond donors (Lipinski definition) is 2. The van der Waals surface area contributed by atoms with Gasteiger partial charge in [0.05, 0.1) is 5.69 Å². The summed E-state index contributed by atoms with van der Waals surface area (Å²) in [5, 5.41) is 14.7. The molecule has 0 spiro atoms. The summed E-state index contributed by atoms with van der Waals surface area (Å²) in [5.41, 5.74) is 1.84. The van der Waals surface area contributed by atoms with Crippen molar-refractivity contribution in [1.82, 2.24) is 4.90 Å². The number of nitrogens with one attached hydrogen (secondary N) is 1. The molecule has 132 valence electrons. The minimum Gasteiger partial charge on any atom is -0.508 e. The van der Waals surface area contributed by atoms with E-state index in [1.165, 1.54) is 12.8 Å². The quantitative estimate of drug-likeness (QED) is 0.684. The predicted octanol–water partition coefficient (Wildman–Crippen LogP) is 4.99. The van der Waals surface area contributed by atoms with Crippen molar-refractivity contribution in [3.63, 3.8) is 0 Å². The van der Waals surface area contributed by atoms with Crippen molar-refractivity contribution in [3.8, 4) is 5.75 Å². The molecule has 26 heavy (non-hydrogen) atoms. The largest absolute Gasteiger partial charge is 0.508 e. The van der Waals surface area contributed by atoms with Crippen molar-refractivity contribution in [1.29, 1.82) is 0 Å². The minimum absolute atomic E-state index is 0.0821. The van der Waals surface area contributed by atoms with Crippen LogP contribution in [0.4, 0.5) is 10.5 Å². The van der Waals surface area contributed by atoms with Gasteiger partial charge in [-0.2, -0.15) is 0 Å². The van der Waals surface area contributed by atoms with Crippen LogP contribution in [0.3, 0.4) is 0 Å². The van der Waals surface area contributed by atoms with E-state index in [1.807, 2.05) is 59.5 Å². The lowest BCUT2D eigenvalue weighted by molar-refractivity contribution is 0.206. The van der Waals surface area contributed by atoms with Crippen LogP contribution in [-0.4, -0.2) is 22.6 Å². The lowest BCUT2D eigenvalue weighted by Crippen LogP contribution is -2.36. The van der Waals surface area contributed by atoms with Gasteiger partial charge < -0.3 is 15.3 Å². The van der Waals surface area contributed by atoms with Crippen molar-refractivity contribution >= 4 is 22.5 Å². The highest BCUT2D eigenvalue weighted by Gasteiger charge is 2.27. The van der Waals surface area contributed by atoms with Crippen LogP contribution in [0.1, 0.15) is 18.4 Å². The van der Waals surface area contributed by atoms with E-state index >= 15 is 0 Å². The van der Waals surface area contributed by atoms with Crippen LogP contribution < -0.4 is 5.32 Å². The van der Waals surface area contributed by atoms with Crippen molar-refractivity contribution in [2.24, 2.45) is 5.92 Å². The summed E-state index contributed by atoms with van der Waals surface area (Å²) in [6.45, 7) is 1.30. The molecule has 3 aromatic carbocycles. The Morgan fingerprint density at radius 3 is 2.50 bits per heavy atom. The van der Waals surface area contributed by atoms with Gasteiger partial charge in [0.2, 0.25) is 0 Å². The van der Waals surface area contributed by atoms with E-state index in [0.717, 1.165) is 28.6 Å². The maximum atomic E-state index is 13.0. The summed E-state index contributed by atoms with van der Waals surface area (Å²) in [7, 11) is 0. The SMILES string of the molecule is O=C(Nc1cccc2ccccc12)N(Cc1ccc(O)cc1)CC1CC1. The standard InChI is InChI=1S/C22H22N2O2/c25-19-12-10-17(11-13-19)15-24(14-16-8-9-16)22(26)23-21-7-3-5-18-4-1-2-6-20(18)21/h1-7,10-13,16,25H,8-9,14-15H2,(H,23,26). The molecule has 0 bridgehead atoms. The third-order valence-corrected chi connectivity index (χ3v) is 4.80. The Bertz CT molecular complexity index is 912. The average molecular weight is 346 g/mol. The molecule has 4 heteroatoms. The molecule has 0 heterocycles. The number of aromatic hydroxyl groups is 1. The molecule has 0 aliphatic heterocycles. The maximum Gasteiger partial charge on any atom is 0.322 e. The second-order valence-electron chi connectivity index (χ2n) is 6.95. The molecule has 0 atom stereocenters. The molecule has 0 aromatic heterocycles. The first-order valence-corrected chi connectivity index (χ1v) is 9.00. The fourth-order valence-electron chi connectivity index (χ4n) is 3.18. The normalized spacial score (nSPS) is 13.5. The van der Waals surface area contributed by atoms with Gasteiger partial charge in [-0.3, -0.25) is 0 Å². The van der Waals surface area contributed by atoms with E-state index in [1.54, 1.807) is 12.1 Å². The summed E-state index contributed by atoms with van der Waals surface area (Å²) in [6, 6.07) is 21.0. The number of rotatable bonds is 5. The highest BCUT2D eigenvalue weighted by Crippen LogP contribution is 2.31. The monoisotopic (exact) mass is 346 g/mol. The Balaban J connectivity index is 1.54. The van der Waals surface area contributed by atoms with Gasteiger partial charge in [-0.25, -0.2) is 4.79 Å². The maximum absolute atomic E-state index is 13.0. The average Bonchev–Trinajstić information content (AvgIpc) is 3.47. The van der Waals surface area contributed by atoms with Crippen molar-refractivity contribution in [3.05, 3.63) is 72.3 Å². The Kier molecular flexibility index (Phi) is 4.48. The number of phenols is 1. The van der Waals surface area contributed by atoms with Crippen molar-refractivity contribution in [2.45, 2.75) is 19.4 Å². The van der Waals surface area contributed by atoms with Crippen molar-refractivity contribution in [2.75, 3.05) is 11.9 Å². The molecule has 2 N–H and O–H groups in total. The van der Waals surface area contributed by atoms with Gasteiger partial charge in [0.1, 0.15) is 5.75 Å². The second kappa shape index (κ2) is 7.08. The zero-order chi connectivity index (χ0) is 17.9. The Hall–Kier alpha value is -3.01. The number of benzene rings is 3. The van der Waals surface area contributed by atoms with Crippen LogP contribution in [0, 0.1) is 5.92 Å². The van der Waals surface area contributed by atoms with Gasteiger partial charge in [0.25, 0.3) is 0 Å². The summed E-state index contributed by atoms with van der Waals surface area (Å²) < 4.78 is 0. The zero-order valence-corrected chi connectivity index (χ0v) is 14.6. The fraction of sp³-hybridized carbons (Fsp3) is 0.227. The molecule has 1 aliphatic carbocycles. The van der Waals surface area contributed by atoms with Gasteiger partial charge in [0, 0.05) is 18.5 Å². The smallest absolute Gasteiger partial charge is 0.322 e. The number of phenolic OH excluding ortho intramolecular Hbond substituents is 1. The number of carbonyl (C=O) groups is 1. The summed E-state index contributed by atoms with van der Waals surface area (Å²) in [6.07, 6.45) is 2.38. The van der Waals surface area contributed by atoms with Gasteiger partial charge in [-0.1, -0.05) is 48.5 Å². The molecule has 2 amide bonds. The predicted molar refractivity (Wildman–Crippen MR) is 104 cm³/mol. The first-order chi connectivity index (χ1) is 12.7. The highest BCUT2D eigenvalue weighted by atomic mass is 16.3. The van der Waals surface area contributed by atoms with Crippen molar-refractivity contribution < 1.29 is 9.90 Å². The molecule has 1 saturated carbocycles.